The van der Waals surface area contributed by atoms with E-state index in [1.165, 1.54) is 0 Å². The molecule has 0 saturated heterocycles. The fourth-order valence-corrected chi connectivity index (χ4v) is 1.31. The summed E-state index contributed by atoms with van der Waals surface area (Å²) in [5, 5.41) is 6.47. The number of rotatable bonds is 6. The Bertz CT molecular complexity index is 270. The molecule has 0 aliphatic heterocycles. The molecular weight excluding hydrogens is 230 g/mol. The average molecular weight is 257 g/mol. The highest BCUT2D eigenvalue weighted by Gasteiger charge is 2.11. The second kappa shape index (κ2) is 8.78. The van der Waals surface area contributed by atoms with E-state index in [-0.39, 0.29) is 11.5 Å². The van der Waals surface area contributed by atoms with E-state index in [9.17, 15) is 4.79 Å². The molecule has 106 valence electrons. The normalized spacial score (nSPS) is 12.2. The first-order chi connectivity index (χ1) is 8.39. The summed E-state index contributed by atoms with van der Waals surface area (Å²) in [6.45, 7) is 12.0. The maximum atomic E-state index is 11.1. The number of esters is 1. The van der Waals surface area contributed by atoms with Crippen molar-refractivity contribution in [2.45, 2.75) is 53.0 Å². The molecule has 0 fully saturated rings. The van der Waals surface area contributed by atoms with Crippen molar-refractivity contribution in [3.8, 4) is 0 Å². The molecule has 0 atom stereocenters. The number of aliphatic imine (C=N–C) groups is 1. The quantitative estimate of drug-likeness (QED) is 0.329. The van der Waals surface area contributed by atoms with E-state index in [0.717, 1.165) is 12.5 Å². The van der Waals surface area contributed by atoms with Gasteiger partial charge < -0.3 is 15.4 Å². The van der Waals surface area contributed by atoms with Crippen LogP contribution in [0.25, 0.3) is 0 Å². The van der Waals surface area contributed by atoms with E-state index >= 15 is 0 Å². The van der Waals surface area contributed by atoms with E-state index in [2.05, 4.69) is 36.4 Å². The first-order valence-electron chi connectivity index (χ1n) is 6.61. The lowest BCUT2D eigenvalue weighted by molar-refractivity contribution is -0.143. The summed E-state index contributed by atoms with van der Waals surface area (Å²) in [5.41, 5.74) is -0.0257. The Labute approximate surface area is 110 Å². The maximum absolute atomic E-state index is 11.1. The largest absolute Gasteiger partial charge is 0.466 e. The van der Waals surface area contributed by atoms with Crippen LogP contribution < -0.4 is 10.6 Å². The summed E-state index contributed by atoms with van der Waals surface area (Å²) in [6.07, 6.45) is 1.13. The van der Waals surface area contributed by atoms with E-state index in [4.69, 9.17) is 4.74 Å². The summed E-state index contributed by atoms with van der Waals surface area (Å²) in [7, 11) is 0. The van der Waals surface area contributed by atoms with E-state index < -0.39 is 0 Å². The van der Waals surface area contributed by atoms with Gasteiger partial charge in [-0.1, -0.05) is 0 Å². The van der Waals surface area contributed by atoms with Gasteiger partial charge in [-0.3, -0.25) is 9.79 Å². The van der Waals surface area contributed by atoms with Gasteiger partial charge in [0.05, 0.1) is 6.61 Å². The van der Waals surface area contributed by atoms with Gasteiger partial charge in [0.2, 0.25) is 0 Å². The van der Waals surface area contributed by atoms with E-state index in [0.29, 0.717) is 26.0 Å². The molecule has 0 unspecified atom stereocenters. The number of hydrogen-bond donors (Lipinski definition) is 2. The Morgan fingerprint density at radius 2 is 1.94 bits per heavy atom. The number of nitrogens with one attached hydrogen (secondary N) is 2. The molecule has 0 saturated carbocycles. The molecular formula is C13H27N3O2. The van der Waals surface area contributed by atoms with Crippen LogP contribution in [0.4, 0.5) is 0 Å². The molecule has 0 aromatic carbocycles. The van der Waals surface area contributed by atoms with Crippen molar-refractivity contribution in [2.75, 3.05) is 19.7 Å². The van der Waals surface area contributed by atoms with Crippen molar-refractivity contribution >= 4 is 11.9 Å². The highest BCUT2D eigenvalue weighted by atomic mass is 16.5. The van der Waals surface area contributed by atoms with E-state index in [1.807, 2.05) is 13.8 Å². The van der Waals surface area contributed by atoms with Crippen LogP contribution in [0.2, 0.25) is 0 Å². The van der Waals surface area contributed by atoms with Crippen LogP contribution in [0.1, 0.15) is 47.5 Å². The third kappa shape index (κ3) is 9.93. The zero-order chi connectivity index (χ0) is 14.0. The summed E-state index contributed by atoms with van der Waals surface area (Å²) < 4.78 is 4.86. The van der Waals surface area contributed by atoms with E-state index in [1.54, 1.807) is 0 Å². The van der Waals surface area contributed by atoms with Gasteiger partial charge in [0, 0.05) is 25.0 Å². The number of ether oxygens (including phenoxy) is 1. The highest BCUT2D eigenvalue weighted by molar-refractivity contribution is 5.80. The van der Waals surface area contributed by atoms with Crippen LogP contribution in [0.15, 0.2) is 4.99 Å². The Balaban J connectivity index is 4.05. The van der Waals surface area contributed by atoms with Gasteiger partial charge in [-0.15, -0.1) is 0 Å². The molecule has 0 aromatic rings. The third-order valence-corrected chi connectivity index (χ3v) is 1.95. The van der Waals surface area contributed by atoms with Crippen LogP contribution in [0.3, 0.4) is 0 Å². The first-order valence-corrected chi connectivity index (χ1v) is 6.61. The SMILES string of the molecule is CCNC(=NCCCC(=O)OCC)NC(C)(C)C. The van der Waals surface area contributed by atoms with Gasteiger partial charge in [-0.25, -0.2) is 0 Å². The van der Waals surface area contributed by atoms with Crippen LogP contribution in [0.5, 0.6) is 0 Å². The Morgan fingerprint density at radius 1 is 1.28 bits per heavy atom. The second-order valence-electron chi connectivity index (χ2n) is 5.04. The van der Waals surface area contributed by atoms with Crippen LogP contribution in [0, 0.1) is 0 Å². The second-order valence-corrected chi connectivity index (χ2v) is 5.04. The van der Waals surface area contributed by atoms with Crippen molar-refractivity contribution in [2.24, 2.45) is 4.99 Å². The number of nitrogens with zero attached hydrogens (tertiary/aromatic N) is 1. The number of carbonyl (C=O) groups is 1. The minimum atomic E-state index is -0.151. The summed E-state index contributed by atoms with van der Waals surface area (Å²) in [6, 6.07) is 0. The van der Waals surface area contributed by atoms with Gasteiger partial charge in [0.1, 0.15) is 0 Å². The molecule has 0 aliphatic rings. The zero-order valence-corrected chi connectivity index (χ0v) is 12.3. The molecule has 5 nitrogen and oxygen atoms in total. The van der Waals surface area contributed by atoms with Gasteiger partial charge in [-0.05, 0) is 41.0 Å². The lowest BCUT2D eigenvalue weighted by Gasteiger charge is -2.23. The lowest BCUT2D eigenvalue weighted by atomic mass is 10.1. The summed E-state index contributed by atoms with van der Waals surface area (Å²) >= 11 is 0. The highest BCUT2D eigenvalue weighted by Crippen LogP contribution is 1.99. The minimum Gasteiger partial charge on any atom is -0.466 e. The Morgan fingerprint density at radius 3 is 2.44 bits per heavy atom. The van der Waals surface area contributed by atoms with Gasteiger partial charge in [-0.2, -0.15) is 0 Å². The van der Waals surface area contributed by atoms with Crippen molar-refractivity contribution in [3.63, 3.8) is 0 Å². The number of guanidine groups is 1. The van der Waals surface area contributed by atoms with Crippen LogP contribution in [-0.4, -0.2) is 37.2 Å². The fourth-order valence-electron chi connectivity index (χ4n) is 1.31. The lowest BCUT2D eigenvalue weighted by Crippen LogP contribution is -2.47. The molecule has 0 heterocycles. The maximum Gasteiger partial charge on any atom is 0.305 e. The van der Waals surface area contributed by atoms with Gasteiger partial charge >= 0.3 is 5.97 Å². The molecule has 0 spiro atoms. The molecule has 2 N–H and O–H groups in total. The fraction of sp³-hybridized carbons (Fsp3) is 0.846. The summed E-state index contributed by atoms with van der Waals surface area (Å²) in [4.78, 5) is 15.6. The predicted molar refractivity (Wildman–Crippen MR) is 74.7 cm³/mol. The number of carbonyl (C=O) groups excluding carboxylic acids is 1. The monoisotopic (exact) mass is 257 g/mol. The van der Waals surface area contributed by atoms with Crippen molar-refractivity contribution in [3.05, 3.63) is 0 Å². The van der Waals surface area contributed by atoms with Gasteiger partial charge in [0.25, 0.3) is 0 Å². The predicted octanol–water partition coefficient (Wildman–Crippen LogP) is 1.68. The molecule has 5 heteroatoms. The van der Waals surface area contributed by atoms with Crippen LogP contribution >= 0.6 is 0 Å². The molecule has 0 amide bonds. The molecule has 0 radical (unpaired) electrons. The smallest absolute Gasteiger partial charge is 0.305 e. The molecule has 0 aromatic heterocycles. The molecule has 0 aliphatic carbocycles. The first kappa shape index (κ1) is 16.7. The standard InChI is InChI=1S/C13H27N3O2/c1-6-14-12(16-13(3,4)5)15-10-8-9-11(17)18-7-2/h6-10H2,1-5H3,(H2,14,15,16). The van der Waals surface area contributed by atoms with Crippen molar-refractivity contribution in [1.29, 1.82) is 0 Å². The third-order valence-electron chi connectivity index (χ3n) is 1.95. The Kier molecular flexibility index (Phi) is 8.16. The topological polar surface area (TPSA) is 62.7 Å². The van der Waals surface area contributed by atoms with Gasteiger partial charge in [0.15, 0.2) is 5.96 Å². The van der Waals surface area contributed by atoms with Crippen molar-refractivity contribution < 1.29 is 9.53 Å². The average Bonchev–Trinajstić information content (AvgIpc) is 2.23. The molecule has 0 rings (SSSR count). The van der Waals surface area contributed by atoms with Crippen LogP contribution in [-0.2, 0) is 9.53 Å². The van der Waals surface area contributed by atoms with Crippen molar-refractivity contribution in [1.82, 2.24) is 10.6 Å². The minimum absolute atomic E-state index is 0.0257. The Hall–Kier alpha value is -1.26. The molecule has 18 heavy (non-hydrogen) atoms. The zero-order valence-electron chi connectivity index (χ0n) is 12.3. The molecule has 0 bridgehead atoms. The summed E-state index contributed by atoms with van der Waals surface area (Å²) in [5.74, 6) is 0.635. The number of hydrogen-bond acceptors (Lipinski definition) is 3.